The lowest BCUT2D eigenvalue weighted by Gasteiger charge is -2.10. The van der Waals surface area contributed by atoms with Gasteiger partial charge in [0.1, 0.15) is 23.9 Å². The number of nitrogens with one attached hydrogen (secondary N) is 2. The zero-order valence-electron chi connectivity index (χ0n) is 17.1. The monoisotopic (exact) mass is 422 g/mol. The van der Waals surface area contributed by atoms with E-state index >= 15 is 0 Å². The topological polar surface area (TPSA) is 76.7 Å². The number of carbonyl (C=O) groups excluding carboxylic acids is 2. The van der Waals surface area contributed by atoms with Gasteiger partial charge >= 0.3 is 0 Å². The van der Waals surface area contributed by atoms with E-state index in [1.54, 1.807) is 60.7 Å². The Bertz CT molecular complexity index is 1040. The zero-order chi connectivity index (χ0) is 22.1. The molecule has 2 N–H and O–H groups in total. The van der Waals surface area contributed by atoms with Gasteiger partial charge in [-0.05, 0) is 55.0 Å². The van der Waals surface area contributed by atoms with Crippen LogP contribution in [0.2, 0.25) is 0 Å². The van der Waals surface area contributed by atoms with Crippen LogP contribution >= 0.6 is 0 Å². The molecule has 0 aromatic heterocycles. The zero-order valence-corrected chi connectivity index (χ0v) is 17.1. The van der Waals surface area contributed by atoms with Gasteiger partial charge in [0, 0.05) is 23.9 Å². The summed E-state index contributed by atoms with van der Waals surface area (Å²) in [5.74, 6) is 0.167. The first-order valence-electron chi connectivity index (χ1n) is 9.81. The molecule has 3 rings (SSSR count). The average molecular weight is 422 g/mol. The Morgan fingerprint density at radius 3 is 2.35 bits per heavy atom. The maximum absolute atomic E-state index is 13.0. The van der Waals surface area contributed by atoms with Gasteiger partial charge in [-0.1, -0.05) is 24.3 Å². The van der Waals surface area contributed by atoms with E-state index in [2.05, 4.69) is 10.6 Å². The summed E-state index contributed by atoms with van der Waals surface area (Å²) >= 11 is 0. The van der Waals surface area contributed by atoms with Crippen molar-refractivity contribution in [1.29, 1.82) is 0 Å². The highest BCUT2D eigenvalue weighted by molar-refractivity contribution is 6.04. The number of rotatable bonds is 9. The van der Waals surface area contributed by atoms with Crippen molar-refractivity contribution >= 4 is 17.5 Å². The lowest BCUT2D eigenvalue weighted by atomic mass is 10.2. The first-order chi connectivity index (χ1) is 15.0. The van der Waals surface area contributed by atoms with E-state index in [0.29, 0.717) is 29.3 Å². The van der Waals surface area contributed by atoms with E-state index < -0.39 is 0 Å². The van der Waals surface area contributed by atoms with Crippen LogP contribution in [0.3, 0.4) is 0 Å². The number of ether oxygens (including phenoxy) is 2. The summed E-state index contributed by atoms with van der Waals surface area (Å²) in [7, 11) is 0. The number of likely N-dealkylation sites (N-methyl/N-ethyl adjacent to an activating group) is 1. The minimum absolute atomic E-state index is 0.0985. The number of anilines is 1. The third-order valence-corrected chi connectivity index (χ3v) is 4.25. The molecule has 0 aliphatic carbocycles. The largest absolute Gasteiger partial charge is 0.489 e. The lowest BCUT2D eigenvalue weighted by molar-refractivity contribution is -0.122. The van der Waals surface area contributed by atoms with E-state index in [0.717, 1.165) is 5.56 Å². The van der Waals surface area contributed by atoms with Gasteiger partial charge in [0.05, 0.1) is 0 Å². The Labute approximate surface area is 180 Å². The van der Waals surface area contributed by atoms with Gasteiger partial charge in [-0.15, -0.1) is 0 Å². The molecule has 0 unspecified atom stereocenters. The normalized spacial score (nSPS) is 10.3. The smallest absolute Gasteiger partial charge is 0.257 e. The molecule has 0 atom stereocenters. The SMILES string of the molecule is CCNC(=O)COc1cccc(NC(=O)c2cccc(OCc3ccc(F)cc3)c2)c1. The maximum Gasteiger partial charge on any atom is 0.257 e. The van der Waals surface area contributed by atoms with Crippen LogP contribution in [-0.4, -0.2) is 25.0 Å². The molecule has 2 amide bonds. The van der Waals surface area contributed by atoms with Crippen molar-refractivity contribution in [3.8, 4) is 11.5 Å². The molecule has 3 aromatic rings. The molecule has 160 valence electrons. The Kier molecular flexibility index (Phi) is 7.59. The third kappa shape index (κ3) is 6.85. The molecule has 0 saturated carbocycles. The molecule has 0 saturated heterocycles. The van der Waals surface area contributed by atoms with Gasteiger partial charge in [0.2, 0.25) is 0 Å². The van der Waals surface area contributed by atoms with Crippen molar-refractivity contribution in [3.63, 3.8) is 0 Å². The van der Waals surface area contributed by atoms with E-state index in [1.807, 2.05) is 6.92 Å². The van der Waals surface area contributed by atoms with Gasteiger partial charge in [0.25, 0.3) is 11.8 Å². The van der Waals surface area contributed by atoms with Crippen molar-refractivity contribution in [2.75, 3.05) is 18.5 Å². The summed E-state index contributed by atoms with van der Waals surface area (Å²) in [6, 6.07) is 19.6. The van der Waals surface area contributed by atoms with Crippen molar-refractivity contribution in [1.82, 2.24) is 5.32 Å². The van der Waals surface area contributed by atoms with Gasteiger partial charge in [-0.2, -0.15) is 0 Å². The van der Waals surface area contributed by atoms with Crippen LogP contribution in [0.25, 0.3) is 0 Å². The third-order valence-electron chi connectivity index (χ3n) is 4.25. The quantitative estimate of drug-likeness (QED) is 0.543. The molecular weight excluding hydrogens is 399 g/mol. The van der Waals surface area contributed by atoms with Crippen LogP contribution in [0.5, 0.6) is 11.5 Å². The summed E-state index contributed by atoms with van der Waals surface area (Å²) in [6.07, 6.45) is 0. The highest BCUT2D eigenvalue weighted by Gasteiger charge is 2.09. The van der Waals surface area contributed by atoms with Crippen LogP contribution in [0.1, 0.15) is 22.8 Å². The van der Waals surface area contributed by atoms with Crippen molar-refractivity contribution < 1.29 is 23.5 Å². The van der Waals surface area contributed by atoms with Crippen LogP contribution in [0.15, 0.2) is 72.8 Å². The van der Waals surface area contributed by atoms with Crippen LogP contribution < -0.4 is 20.1 Å². The molecule has 0 spiro atoms. The predicted molar refractivity (Wildman–Crippen MR) is 116 cm³/mol. The maximum atomic E-state index is 13.0. The lowest BCUT2D eigenvalue weighted by Crippen LogP contribution is -2.28. The van der Waals surface area contributed by atoms with Gasteiger partial charge < -0.3 is 20.1 Å². The molecule has 7 heteroatoms. The van der Waals surface area contributed by atoms with Crippen LogP contribution in [0.4, 0.5) is 10.1 Å². The molecule has 3 aromatic carbocycles. The summed E-state index contributed by atoms with van der Waals surface area (Å²) in [6.45, 7) is 2.52. The van der Waals surface area contributed by atoms with E-state index in [4.69, 9.17) is 9.47 Å². The number of halogens is 1. The minimum Gasteiger partial charge on any atom is -0.489 e. The Morgan fingerprint density at radius 1 is 0.903 bits per heavy atom. The highest BCUT2D eigenvalue weighted by Crippen LogP contribution is 2.20. The average Bonchev–Trinajstić information content (AvgIpc) is 2.78. The van der Waals surface area contributed by atoms with Gasteiger partial charge in [-0.25, -0.2) is 4.39 Å². The van der Waals surface area contributed by atoms with Gasteiger partial charge in [0.15, 0.2) is 6.61 Å². The van der Waals surface area contributed by atoms with Crippen LogP contribution in [0, 0.1) is 5.82 Å². The Hall–Kier alpha value is -3.87. The minimum atomic E-state index is -0.312. The Balaban J connectivity index is 1.59. The number of carbonyl (C=O) groups is 2. The number of hydrogen-bond acceptors (Lipinski definition) is 4. The van der Waals surface area contributed by atoms with Gasteiger partial charge in [-0.3, -0.25) is 9.59 Å². The van der Waals surface area contributed by atoms with E-state index in [-0.39, 0.29) is 30.8 Å². The number of hydrogen-bond donors (Lipinski definition) is 2. The van der Waals surface area contributed by atoms with Crippen molar-refractivity contribution in [2.24, 2.45) is 0 Å². The van der Waals surface area contributed by atoms with E-state index in [9.17, 15) is 14.0 Å². The summed E-state index contributed by atoms with van der Waals surface area (Å²) in [4.78, 5) is 24.1. The summed E-state index contributed by atoms with van der Waals surface area (Å²) in [5, 5.41) is 5.45. The molecule has 0 bridgehead atoms. The molecule has 0 aliphatic heterocycles. The van der Waals surface area contributed by atoms with E-state index in [1.165, 1.54) is 12.1 Å². The predicted octanol–water partition coefficient (Wildman–Crippen LogP) is 4.17. The number of benzene rings is 3. The Morgan fingerprint density at radius 2 is 1.61 bits per heavy atom. The fraction of sp³-hybridized carbons (Fsp3) is 0.167. The van der Waals surface area contributed by atoms with Crippen molar-refractivity contribution in [3.05, 3.63) is 89.7 Å². The first-order valence-corrected chi connectivity index (χ1v) is 9.81. The summed E-state index contributed by atoms with van der Waals surface area (Å²) in [5.41, 5.74) is 1.78. The fourth-order valence-corrected chi connectivity index (χ4v) is 2.74. The van der Waals surface area contributed by atoms with Crippen LogP contribution in [-0.2, 0) is 11.4 Å². The summed E-state index contributed by atoms with van der Waals surface area (Å²) < 4.78 is 24.1. The molecule has 0 aliphatic rings. The standard InChI is InChI=1S/C24H23FN2O4/c1-2-26-23(28)16-31-22-8-4-6-20(14-22)27-24(29)18-5-3-7-21(13-18)30-15-17-9-11-19(25)12-10-17/h3-14H,2,15-16H2,1H3,(H,26,28)(H,27,29). The highest BCUT2D eigenvalue weighted by atomic mass is 19.1. The molecule has 31 heavy (non-hydrogen) atoms. The second-order valence-corrected chi connectivity index (χ2v) is 6.67. The second-order valence-electron chi connectivity index (χ2n) is 6.67. The molecule has 6 nitrogen and oxygen atoms in total. The molecule has 0 heterocycles. The second kappa shape index (κ2) is 10.8. The number of amides is 2. The fourth-order valence-electron chi connectivity index (χ4n) is 2.74. The first kappa shape index (κ1) is 21.8. The molecule has 0 radical (unpaired) electrons. The molecule has 0 fully saturated rings. The molecular formula is C24H23FN2O4. The van der Waals surface area contributed by atoms with Crippen molar-refractivity contribution in [2.45, 2.75) is 13.5 Å².